The van der Waals surface area contributed by atoms with E-state index >= 15 is 0 Å². The van der Waals surface area contributed by atoms with Crippen LogP contribution in [0.25, 0.3) is 6.08 Å². The molecule has 4 rings (SSSR count). The van der Waals surface area contributed by atoms with Crippen LogP contribution in [0.15, 0.2) is 67.4 Å². The summed E-state index contributed by atoms with van der Waals surface area (Å²) in [6.45, 7) is 4.36. The van der Waals surface area contributed by atoms with Crippen molar-refractivity contribution in [2.45, 2.75) is 20.5 Å². The Bertz CT molecular complexity index is 1330. The van der Waals surface area contributed by atoms with E-state index in [-0.39, 0.29) is 5.91 Å². The van der Waals surface area contributed by atoms with E-state index in [1.54, 1.807) is 25.3 Å². The lowest BCUT2D eigenvalue weighted by Crippen LogP contribution is -2.19. The molecule has 0 saturated carbocycles. The van der Waals surface area contributed by atoms with Crippen LogP contribution in [0.1, 0.15) is 22.3 Å². The maximum absolute atomic E-state index is 12.6. The lowest BCUT2D eigenvalue weighted by molar-refractivity contribution is -0.115. The fourth-order valence-electron chi connectivity index (χ4n) is 3.44. The number of amidine groups is 1. The molecular formula is C26H21Br2ClN2O3S. The standard InChI is InChI=1S/C26H21Br2ClN2O3S/c1-14-8-19(9-15(2)23(14)28)30-26-31-25(32)22(35-26)12-17-10-20(29)24(21(11-17)33-3)34-13-16-4-6-18(27)7-5-16/h4-12H,13H2,1-3H3,(H,30,31,32)/b22-12-. The van der Waals surface area contributed by atoms with Crippen LogP contribution < -0.4 is 14.8 Å². The van der Waals surface area contributed by atoms with Gasteiger partial charge in [-0.15, -0.1) is 0 Å². The van der Waals surface area contributed by atoms with Gasteiger partial charge in [0, 0.05) is 8.95 Å². The molecule has 0 aromatic heterocycles. The maximum atomic E-state index is 12.6. The number of nitrogens with zero attached hydrogens (tertiary/aromatic N) is 1. The van der Waals surface area contributed by atoms with Gasteiger partial charge in [-0.25, -0.2) is 4.99 Å². The van der Waals surface area contributed by atoms with Crippen molar-refractivity contribution in [3.8, 4) is 11.5 Å². The van der Waals surface area contributed by atoms with Gasteiger partial charge in [0.15, 0.2) is 16.7 Å². The van der Waals surface area contributed by atoms with E-state index < -0.39 is 0 Å². The van der Waals surface area contributed by atoms with Crippen LogP contribution in [-0.2, 0) is 11.4 Å². The van der Waals surface area contributed by atoms with Gasteiger partial charge in [0.2, 0.25) is 0 Å². The van der Waals surface area contributed by atoms with Crippen molar-refractivity contribution in [1.82, 2.24) is 5.32 Å². The van der Waals surface area contributed by atoms with Gasteiger partial charge in [-0.1, -0.05) is 55.6 Å². The number of carbonyl (C=O) groups is 1. The van der Waals surface area contributed by atoms with Crippen molar-refractivity contribution in [3.05, 3.63) is 89.7 Å². The molecule has 1 fully saturated rings. The van der Waals surface area contributed by atoms with Gasteiger partial charge >= 0.3 is 0 Å². The van der Waals surface area contributed by atoms with Gasteiger partial charge in [0.25, 0.3) is 5.91 Å². The molecule has 0 atom stereocenters. The third kappa shape index (κ3) is 6.30. The number of amides is 1. The summed E-state index contributed by atoms with van der Waals surface area (Å²) in [4.78, 5) is 17.7. The first-order chi connectivity index (χ1) is 16.7. The van der Waals surface area contributed by atoms with Crippen LogP contribution in [0.4, 0.5) is 5.69 Å². The summed E-state index contributed by atoms with van der Waals surface area (Å²) in [6.07, 6.45) is 1.76. The normalized spacial score (nSPS) is 15.5. The molecule has 5 nitrogen and oxygen atoms in total. The van der Waals surface area contributed by atoms with E-state index in [4.69, 9.17) is 21.1 Å². The number of aryl methyl sites for hydroxylation is 2. The number of benzene rings is 3. The van der Waals surface area contributed by atoms with Crippen LogP contribution in [0.2, 0.25) is 5.02 Å². The van der Waals surface area contributed by atoms with Crippen molar-refractivity contribution in [2.24, 2.45) is 4.99 Å². The number of rotatable bonds is 6. The fourth-order valence-corrected chi connectivity index (χ4v) is 5.04. The van der Waals surface area contributed by atoms with Crippen molar-refractivity contribution < 1.29 is 14.3 Å². The predicted octanol–water partition coefficient (Wildman–Crippen LogP) is 7.96. The zero-order chi connectivity index (χ0) is 25.1. The Hall–Kier alpha value is -2.26. The van der Waals surface area contributed by atoms with Crippen LogP contribution in [0, 0.1) is 13.8 Å². The number of thioether (sulfide) groups is 1. The van der Waals surface area contributed by atoms with Crippen molar-refractivity contribution in [3.63, 3.8) is 0 Å². The average molecular weight is 637 g/mol. The zero-order valence-corrected chi connectivity index (χ0v) is 23.9. The molecule has 1 heterocycles. The molecule has 1 saturated heterocycles. The average Bonchev–Trinajstić information content (AvgIpc) is 3.15. The molecule has 1 amide bonds. The molecule has 3 aromatic rings. The second-order valence-corrected chi connectivity index (χ2v) is 11.0. The Morgan fingerprint density at radius 3 is 2.43 bits per heavy atom. The number of carbonyl (C=O) groups excluding carboxylic acids is 1. The molecule has 9 heteroatoms. The molecule has 1 N–H and O–H groups in total. The summed E-state index contributed by atoms with van der Waals surface area (Å²) in [5, 5.41) is 3.74. The maximum Gasteiger partial charge on any atom is 0.264 e. The minimum absolute atomic E-state index is 0.218. The van der Waals surface area contributed by atoms with Gasteiger partial charge in [-0.3, -0.25) is 4.79 Å². The molecule has 0 bridgehead atoms. The first-order valence-electron chi connectivity index (χ1n) is 10.5. The molecule has 35 heavy (non-hydrogen) atoms. The fraction of sp³-hybridized carbons (Fsp3) is 0.154. The molecule has 0 unspecified atom stereocenters. The third-order valence-corrected chi connectivity index (χ3v) is 8.12. The monoisotopic (exact) mass is 634 g/mol. The van der Waals surface area contributed by atoms with E-state index in [1.807, 2.05) is 50.2 Å². The molecular weight excluding hydrogens is 616 g/mol. The summed E-state index contributed by atoms with van der Waals surface area (Å²) in [5.41, 5.74) is 4.66. The third-order valence-electron chi connectivity index (χ3n) is 5.15. The Balaban J connectivity index is 1.54. The lowest BCUT2D eigenvalue weighted by atomic mass is 10.1. The number of methoxy groups -OCH3 is 1. The molecule has 0 spiro atoms. The molecule has 0 aliphatic carbocycles. The number of aliphatic imine (C=N–C) groups is 1. The van der Waals surface area contributed by atoms with Gasteiger partial charge in [-0.05, 0) is 90.3 Å². The summed E-state index contributed by atoms with van der Waals surface area (Å²) < 4.78 is 13.5. The van der Waals surface area contributed by atoms with Crippen molar-refractivity contribution in [1.29, 1.82) is 0 Å². The van der Waals surface area contributed by atoms with Crippen LogP contribution in [-0.4, -0.2) is 18.2 Å². The van der Waals surface area contributed by atoms with Gasteiger partial charge < -0.3 is 14.8 Å². The highest BCUT2D eigenvalue weighted by Gasteiger charge is 2.24. The Morgan fingerprint density at radius 2 is 1.77 bits per heavy atom. The van der Waals surface area contributed by atoms with E-state index in [1.165, 1.54) is 11.8 Å². The first-order valence-corrected chi connectivity index (χ1v) is 13.3. The van der Waals surface area contributed by atoms with E-state index in [9.17, 15) is 4.79 Å². The number of nitrogens with one attached hydrogen (secondary N) is 1. The first kappa shape index (κ1) is 25.8. The van der Waals surface area contributed by atoms with Gasteiger partial charge in [0.1, 0.15) is 6.61 Å². The number of hydrogen-bond acceptors (Lipinski definition) is 5. The quantitative estimate of drug-likeness (QED) is 0.279. The Kier molecular flexibility index (Phi) is 8.27. The van der Waals surface area contributed by atoms with Gasteiger partial charge in [0.05, 0.1) is 22.7 Å². The van der Waals surface area contributed by atoms with E-state index in [2.05, 4.69) is 42.2 Å². The predicted molar refractivity (Wildman–Crippen MR) is 151 cm³/mol. The Morgan fingerprint density at radius 1 is 1.09 bits per heavy atom. The van der Waals surface area contributed by atoms with Crippen LogP contribution in [0.3, 0.4) is 0 Å². The summed E-state index contributed by atoms with van der Waals surface area (Å²) in [6, 6.07) is 15.3. The second-order valence-electron chi connectivity index (χ2n) is 7.82. The number of hydrogen-bond donors (Lipinski definition) is 1. The summed E-state index contributed by atoms with van der Waals surface area (Å²) in [7, 11) is 1.55. The van der Waals surface area contributed by atoms with Crippen LogP contribution >= 0.6 is 55.2 Å². The van der Waals surface area contributed by atoms with Gasteiger partial charge in [-0.2, -0.15) is 0 Å². The molecule has 3 aromatic carbocycles. The zero-order valence-electron chi connectivity index (χ0n) is 19.1. The number of halogens is 3. The Labute approximate surface area is 230 Å². The van der Waals surface area contributed by atoms with Crippen molar-refractivity contribution in [2.75, 3.05) is 7.11 Å². The summed E-state index contributed by atoms with van der Waals surface area (Å²) in [5.74, 6) is 0.718. The minimum Gasteiger partial charge on any atom is -0.493 e. The highest BCUT2D eigenvalue weighted by molar-refractivity contribution is 9.10. The SMILES string of the molecule is COc1cc(/C=C2\SC(=Nc3cc(C)c(Br)c(C)c3)NC2=O)cc(Cl)c1OCc1ccc(Br)cc1. The smallest absolute Gasteiger partial charge is 0.264 e. The van der Waals surface area contributed by atoms with E-state index in [0.717, 1.165) is 36.9 Å². The number of ether oxygens (including phenoxy) is 2. The highest BCUT2D eigenvalue weighted by Crippen LogP contribution is 2.39. The van der Waals surface area contributed by atoms with Crippen LogP contribution in [0.5, 0.6) is 11.5 Å². The molecule has 1 aliphatic rings. The lowest BCUT2D eigenvalue weighted by Gasteiger charge is -2.13. The highest BCUT2D eigenvalue weighted by atomic mass is 79.9. The minimum atomic E-state index is -0.218. The largest absolute Gasteiger partial charge is 0.493 e. The molecule has 1 aliphatic heterocycles. The molecule has 0 radical (unpaired) electrons. The molecule has 180 valence electrons. The summed E-state index contributed by atoms with van der Waals surface area (Å²) >= 11 is 14.8. The topological polar surface area (TPSA) is 59.9 Å². The van der Waals surface area contributed by atoms with E-state index in [0.29, 0.717) is 33.2 Å². The van der Waals surface area contributed by atoms with Crippen molar-refractivity contribution >= 4 is 78.1 Å². The second kappa shape index (κ2) is 11.2.